The van der Waals surface area contributed by atoms with E-state index in [1.165, 1.54) is 12.3 Å². The molecule has 2 aromatic rings. The maximum atomic E-state index is 11.7. The van der Waals surface area contributed by atoms with E-state index in [2.05, 4.69) is 15.6 Å². The third-order valence-corrected chi connectivity index (χ3v) is 2.80. The molecule has 6 heteroatoms. The molecule has 1 aromatic carbocycles. The van der Waals surface area contributed by atoms with Gasteiger partial charge in [-0.2, -0.15) is 0 Å². The lowest BCUT2D eigenvalue weighted by Gasteiger charge is -2.09. The van der Waals surface area contributed by atoms with Gasteiger partial charge in [-0.05, 0) is 24.1 Å². The van der Waals surface area contributed by atoms with Gasteiger partial charge in [0.05, 0.1) is 5.69 Å². The van der Waals surface area contributed by atoms with E-state index >= 15 is 0 Å². The molecule has 1 heterocycles. The van der Waals surface area contributed by atoms with Crippen LogP contribution in [0.5, 0.6) is 0 Å². The number of benzene rings is 1. The Hall–Kier alpha value is -2.89. The van der Waals surface area contributed by atoms with E-state index in [0.29, 0.717) is 13.0 Å². The number of aromatic nitrogens is 1. The molecule has 1 aromatic heterocycles. The van der Waals surface area contributed by atoms with Crippen LogP contribution in [0.4, 0.5) is 10.5 Å². The lowest BCUT2D eigenvalue weighted by atomic mass is 10.1. The fraction of sp³-hybridized carbons (Fsp3) is 0.133. The predicted molar refractivity (Wildman–Crippen MR) is 78.4 cm³/mol. The quantitative estimate of drug-likeness (QED) is 0.785. The summed E-state index contributed by atoms with van der Waals surface area (Å²) in [7, 11) is 0. The molecule has 0 fully saturated rings. The molecule has 0 unspecified atom stereocenters. The molecule has 3 N–H and O–H groups in total. The molecule has 0 saturated carbocycles. The van der Waals surface area contributed by atoms with Crippen molar-refractivity contribution < 1.29 is 14.7 Å². The minimum Gasteiger partial charge on any atom is -0.476 e. The number of pyridine rings is 1. The summed E-state index contributed by atoms with van der Waals surface area (Å²) >= 11 is 0. The number of hydrogen-bond donors (Lipinski definition) is 3. The molecule has 0 bridgehead atoms. The van der Waals surface area contributed by atoms with Crippen molar-refractivity contribution >= 4 is 17.7 Å². The van der Waals surface area contributed by atoms with Gasteiger partial charge in [0.15, 0.2) is 5.69 Å². The van der Waals surface area contributed by atoms with Crippen molar-refractivity contribution in [1.29, 1.82) is 0 Å². The van der Waals surface area contributed by atoms with E-state index < -0.39 is 12.0 Å². The number of nitrogens with zero attached hydrogens (tertiary/aromatic N) is 1. The van der Waals surface area contributed by atoms with E-state index in [1.807, 2.05) is 30.3 Å². The summed E-state index contributed by atoms with van der Waals surface area (Å²) < 4.78 is 0. The highest BCUT2D eigenvalue weighted by Crippen LogP contribution is 2.11. The zero-order chi connectivity index (χ0) is 15.1. The normalized spacial score (nSPS) is 9.90. The van der Waals surface area contributed by atoms with Gasteiger partial charge in [-0.1, -0.05) is 30.3 Å². The standard InChI is InChI=1S/C15H15N3O3/c19-14(20)13-12(7-4-9-16-13)18-15(21)17-10-8-11-5-2-1-3-6-11/h1-7,9H,8,10H2,(H,19,20)(H2,17,18,21). The van der Waals surface area contributed by atoms with Crippen LogP contribution in [-0.2, 0) is 6.42 Å². The zero-order valence-electron chi connectivity index (χ0n) is 11.2. The first-order valence-electron chi connectivity index (χ1n) is 6.44. The predicted octanol–water partition coefficient (Wildman–Crippen LogP) is 2.14. The van der Waals surface area contributed by atoms with Gasteiger partial charge >= 0.3 is 12.0 Å². The van der Waals surface area contributed by atoms with Crippen molar-refractivity contribution in [2.24, 2.45) is 0 Å². The van der Waals surface area contributed by atoms with E-state index in [9.17, 15) is 9.59 Å². The molecule has 0 radical (unpaired) electrons. The molecule has 0 saturated heterocycles. The van der Waals surface area contributed by atoms with Crippen molar-refractivity contribution in [3.8, 4) is 0 Å². The van der Waals surface area contributed by atoms with Crippen LogP contribution in [-0.4, -0.2) is 28.6 Å². The van der Waals surface area contributed by atoms with E-state index in [-0.39, 0.29) is 11.4 Å². The minimum absolute atomic E-state index is 0.169. The van der Waals surface area contributed by atoms with Crippen molar-refractivity contribution in [1.82, 2.24) is 10.3 Å². The second-order valence-electron chi connectivity index (χ2n) is 4.32. The molecule has 0 atom stereocenters. The van der Waals surface area contributed by atoms with E-state index in [1.54, 1.807) is 6.07 Å². The highest BCUT2D eigenvalue weighted by molar-refractivity contribution is 5.98. The van der Waals surface area contributed by atoms with Gasteiger partial charge in [0, 0.05) is 12.7 Å². The molecule has 0 spiro atoms. The fourth-order valence-corrected chi connectivity index (χ4v) is 1.81. The van der Waals surface area contributed by atoms with Crippen LogP contribution in [0, 0.1) is 0 Å². The summed E-state index contributed by atoms with van der Waals surface area (Å²) in [6.45, 7) is 0.457. The number of carboxylic acid groups (broad SMARTS) is 1. The molecule has 2 rings (SSSR count). The van der Waals surface area contributed by atoms with Gasteiger partial charge in [-0.15, -0.1) is 0 Å². The number of carbonyl (C=O) groups is 2. The number of amides is 2. The largest absolute Gasteiger partial charge is 0.476 e. The molecule has 108 valence electrons. The van der Waals surface area contributed by atoms with Gasteiger partial charge in [-0.25, -0.2) is 14.6 Å². The molecule has 2 amide bonds. The van der Waals surface area contributed by atoms with Crippen molar-refractivity contribution in [3.05, 3.63) is 59.9 Å². The van der Waals surface area contributed by atoms with Gasteiger partial charge in [-0.3, -0.25) is 0 Å². The molecular weight excluding hydrogens is 270 g/mol. The number of nitrogens with one attached hydrogen (secondary N) is 2. The summed E-state index contributed by atoms with van der Waals surface area (Å²) in [6, 6.07) is 12.3. The van der Waals surface area contributed by atoms with Crippen molar-refractivity contribution in [2.45, 2.75) is 6.42 Å². The first-order chi connectivity index (χ1) is 10.2. The third kappa shape index (κ3) is 4.31. The monoisotopic (exact) mass is 285 g/mol. The number of aromatic carboxylic acids is 1. The topological polar surface area (TPSA) is 91.3 Å². The minimum atomic E-state index is -1.19. The van der Waals surface area contributed by atoms with Gasteiger partial charge in [0.25, 0.3) is 0 Å². The SMILES string of the molecule is O=C(NCCc1ccccc1)Nc1cccnc1C(=O)O. The van der Waals surface area contributed by atoms with Gasteiger partial charge in [0.2, 0.25) is 0 Å². The fourth-order valence-electron chi connectivity index (χ4n) is 1.81. The third-order valence-electron chi connectivity index (χ3n) is 2.80. The number of carbonyl (C=O) groups excluding carboxylic acids is 1. The number of hydrogen-bond acceptors (Lipinski definition) is 3. The van der Waals surface area contributed by atoms with Crippen LogP contribution in [0.1, 0.15) is 16.1 Å². The van der Waals surface area contributed by atoms with Crippen LogP contribution < -0.4 is 10.6 Å². The summed E-state index contributed by atoms with van der Waals surface area (Å²) in [6.07, 6.45) is 2.06. The summed E-state index contributed by atoms with van der Waals surface area (Å²) in [4.78, 5) is 26.4. The number of anilines is 1. The van der Waals surface area contributed by atoms with Crippen LogP contribution in [0.2, 0.25) is 0 Å². The Kier molecular flexibility index (Phi) is 4.87. The Labute approximate surface area is 121 Å². The van der Waals surface area contributed by atoms with Gasteiger partial charge < -0.3 is 15.7 Å². The Morgan fingerprint density at radius 2 is 1.86 bits per heavy atom. The first-order valence-corrected chi connectivity index (χ1v) is 6.44. The second-order valence-corrected chi connectivity index (χ2v) is 4.32. The molecule has 0 aliphatic carbocycles. The second kappa shape index (κ2) is 7.04. The summed E-state index contributed by atoms with van der Waals surface area (Å²) in [5.41, 5.74) is 1.10. The number of urea groups is 1. The summed E-state index contributed by atoms with van der Waals surface area (Å²) in [5, 5.41) is 14.1. The van der Waals surface area contributed by atoms with Crippen LogP contribution in [0.25, 0.3) is 0 Å². The van der Waals surface area contributed by atoms with Crippen molar-refractivity contribution in [2.75, 3.05) is 11.9 Å². The average molecular weight is 285 g/mol. The number of rotatable bonds is 5. The first kappa shape index (κ1) is 14.5. The Bertz CT molecular complexity index is 629. The molecular formula is C15H15N3O3. The molecule has 0 aliphatic rings. The average Bonchev–Trinajstić information content (AvgIpc) is 2.48. The number of carboxylic acids is 1. The Morgan fingerprint density at radius 3 is 2.57 bits per heavy atom. The highest BCUT2D eigenvalue weighted by Gasteiger charge is 2.12. The smallest absolute Gasteiger partial charge is 0.356 e. The Balaban J connectivity index is 1.86. The maximum Gasteiger partial charge on any atom is 0.356 e. The van der Waals surface area contributed by atoms with Crippen molar-refractivity contribution in [3.63, 3.8) is 0 Å². The van der Waals surface area contributed by atoms with Crippen LogP contribution in [0.15, 0.2) is 48.7 Å². The Morgan fingerprint density at radius 1 is 1.10 bits per heavy atom. The maximum absolute atomic E-state index is 11.7. The molecule has 6 nitrogen and oxygen atoms in total. The molecule has 0 aliphatic heterocycles. The summed E-state index contributed by atoms with van der Waals surface area (Å²) in [5.74, 6) is -1.19. The highest BCUT2D eigenvalue weighted by atomic mass is 16.4. The lowest BCUT2D eigenvalue weighted by Crippen LogP contribution is -2.31. The lowest BCUT2D eigenvalue weighted by molar-refractivity contribution is 0.0692. The van der Waals surface area contributed by atoms with E-state index in [4.69, 9.17) is 5.11 Å². The van der Waals surface area contributed by atoms with Crippen LogP contribution in [0.3, 0.4) is 0 Å². The molecule has 21 heavy (non-hydrogen) atoms. The van der Waals surface area contributed by atoms with E-state index in [0.717, 1.165) is 5.56 Å². The van der Waals surface area contributed by atoms with Gasteiger partial charge in [0.1, 0.15) is 0 Å². The zero-order valence-corrected chi connectivity index (χ0v) is 11.2. The van der Waals surface area contributed by atoms with Crippen LogP contribution >= 0.6 is 0 Å².